The van der Waals surface area contributed by atoms with Gasteiger partial charge in [-0.05, 0) is 25.5 Å². The van der Waals surface area contributed by atoms with Gasteiger partial charge in [0.15, 0.2) is 0 Å². The number of methoxy groups -OCH3 is 1. The van der Waals surface area contributed by atoms with Crippen molar-refractivity contribution in [2.24, 2.45) is 0 Å². The van der Waals surface area contributed by atoms with Crippen molar-refractivity contribution in [1.82, 2.24) is 10.6 Å². The van der Waals surface area contributed by atoms with E-state index in [1.54, 1.807) is 27.0 Å². The van der Waals surface area contributed by atoms with Crippen LogP contribution in [0.1, 0.15) is 25.5 Å². The maximum atomic E-state index is 11.9. The van der Waals surface area contributed by atoms with Crippen LogP contribution >= 0.6 is 0 Å². The Labute approximate surface area is 123 Å². The molecule has 0 bridgehead atoms. The van der Waals surface area contributed by atoms with Crippen LogP contribution in [0.2, 0.25) is 0 Å². The van der Waals surface area contributed by atoms with E-state index >= 15 is 0 Å². The van der Waals surface area contributed by atoms with E-state index in [1.165, 1.54) is 0 Å². The summed E-state index contributed by atoms with van der Waals surface area (Å²) in [6, 6.07) is 6.47. The number of esters is 1. The van der Waals surface area contributed by atoms with E-state index in [2.05, 4.69) is 10.6 Å². The summed E-state index contributed by atoms with van der Waals surface area (Å²) in [5.41, 5.74) is 1.64. The first-order chi connectivity index (χ1) is 10.1. The number of ether oxygens (including phenoxy) is 2. The van der Waals surface area contributed by atoms with Gasteiger partial charge in [-0.2, -0.15) is 0 Å². The predicted octanol–water partition coefficient (Wildman–Crippen LogP) is 1.89. The van der Waals surface area contributed by atoms with Crippen LogP contribution in [0.25, 0.3) is 0 Å². The molecule has 0 saturated carbocycles. The smallest absolute Gasteiger partial charge is 0.354 e. The summed E-state index contributed by atoms with van der Waals surface area (Å²) in [5, 5.41) is 5.29. The quantitative estimate of drug-likeness (QED) is 0.830. The number of carbonyl (C=O) groups is 2. The van der Waals surface area contributed by atoms with Crippen molar-refractivity contribution in [1.29, 1.82) is 0 Å². The van der Waals surface area contributed by atoms with Crippen LogP contribution in [0.15, 0.2) is 35.5 Å². The van der Waals surface area contributed by atoms with Gasteiger partial charge in [0.25, 0.3) is 0 Å². The van der Waals surface area contributed by atoms with Crippen LogP contribution in [-0.4, -0.2) is 25.7 Å². The van der Waals surface area contributed by atoms with E-state index < -0.39 is 18.0 Å². The maximum absolute atomic E-state index is 11.9. The number of carbonyl (C=O) groups excluding carboxylic acids is 2. The molecule has 1 aromatic carbocycles. The molecule has 0 radical (unpaired) electrons. The first-order valence-corrected chi connectivity index (χ1v) is 6.66. The fraction of sp³-hybridized carbons (Fsp3) is 0.333. The Kier molecular flexibility index (Phi) is 4.47. The highest BCUT2D eigenvalue weighted by Gasteiger charge is 2.30. The summed E-state index contributed by atoms with van der Waals surface area (Å²) in [5.74, 6) is 0.108. The van der Waals surface area contributed by atoms with Gasteiger partial charge in [0.2, 0.25) is 0 Å². The van der Waals surface area contributed by atoms with Crippen LogP contribution < -0.4 is 15.4 Å². The highest BCUT2D eigenvalue weighted by Crippen LogP contribution is 2.32. The van der Waals surface area contributed by atoms with Crippen molar-refractivity contribution in [2.45, 2.75) is 19.9 Å². The van der Waals surface area contributed by atoms with Crippen molar-refractivity contribution in [2.75, 3.05) is 13.7 Å². The third-order valence-electron chi connectivity index (χ3n) is 3.27. The average molecular weight is 290 g/mol. The lowest BCUT2D eigenvalue weighted by molar-refractivity contribution is -0.139. The highest BCUT2D eigenvalue weighted by molar-refractivity contribution is 5.96. The number of urea groups is 1. The van der Waals surface area contributed by atoms with E-state index in [4.69, 9.17) is 9.47 Å². The van der Waals surface area contributed by atoms with Crippen LogP contribution in [0, 0.1) is 0 Å². The van der Waals surface area contributed by atoms with Gasteiger partial charge in [-0.15, -0.1) is 0 Å². The van der Waals surface area contributed by atoms with Gasteiger partial charge in [-0.3, -0.25) is 0 Å². The van der Waals surface area contributed by atoms with Crippen molar-refractivity contribution in [3.05, 3.63) is 41.1 Å². The fourth-order valence-electron chi connectivity index (χ4n) is 2.26. The Morgan fingerprint density at radius 3 is 2.71 bits per heavy atom. The number of para-hydroxylation sites is 1. The molecule has 1 aliphatic heterocycles. The SMILES string of the molecule is CCOC(=O)C1=C(C)C(c2ccccc2OC)NC(=O)N1. The molecule has 21 heavy (non-hydrogen) atoms. The van der Waals surface area contributed by atoms with Crippen molar-refractivity contribution in [3.63, 3.8) is 0 Å². The second-order valence-corrected chi connectivity index (χ2v) is 4.55. The number of rotatable bonds is 4. The highest BCUT2D eigenvalue weighted by atomic mass is 16.5. The predicted molar refractivity (Wildman–Crippen MR) is 76.7 cm³/mol. The second-order valence-electron chi connectivity index (χ2n) is 4.55. The summed E-state index contributed by atoms with van der Waals surface area (Å²) >= 11 is 0. The molecule has 112 valence electrons. The van der Waals surface area contributed by atoms with Gasteiger partial charge >= 0.3 is 12.0 Å². The molecule has 2 rings (SSSR count). The normalized spacial score (nSPS) is 17.9. The summed E-state index contributed by atoms with van der Waals surface area (Å²) in [7, 11) is 1.56. The van der Waals surface area contributed by atoms with E-state index in [1.807, 2.05) is 18.2 Å². The molecule has 0 aromatic heterocycles. The van der Waals surface area contributed by atoms with Gasteiger partial charge in [-0.25, -0.2) is 9.59 Å². The van der Waals surface area contributed by atoms with E-state index in [9.17, 15) is 9.59 Å². The van der Waals surface area contributed by atoms with Crippen LogP contribution in [0.4, 0.5) is 4.79 Å². The maximum Gasteiger partial charge on any atom is 0.354 e. The van der Waals surface area contributed by atoms with Crippen LogP contribution in [0.3, 0.4) is 0 Å². The van der Waals surface area contributed by atoms with Gasteiger partial charge < -0.3 is 20.1 Å². The Morgan fingerprint density at radius 1 is 1.33 bits per heavy atom. The third kappa shape index (κ3) is 2.99. The van der Waals surface area contributed by atoms with E-state index in [-0.39, 0.29) is 12.3 Å². The number of amides is 2. The van der Waals surface area contributed by atoms with Crippen molar-refractivity contribution in [3.8, 4) is 5.75 Å². The molecule has 1 heterocycles. The zero-order valence-electron chi connectivity index (χ0n) is 12.2. The minimum absolute atomic E-state index is 0.177. The minimum atomic E-state index is -0.537. The van der Waals surface area contributed by atoms with E-state index in [0.717, 1.165) is 5.56 Å². The van der Waals surface area contributed by atoms with Crippen LogP contribution in [-0.2, 0) is 9.53 Å². The van der Waals surface area contributed by atoms with Crippen molar-refractivity contribution >= 4 is 12.0 Å². The zero-order chi connectivity index (χ0) is 15.4. The molecule has 0 saturated heterocycles. The third-order valence-corrected chi connectivity index (χ3v) is 3.27. The number of nitrogens with one attached hydrogen (secondary N) is 2. The number of hydrogen-bond donors (Lipinski definition) is 2. The standard InChI is InChI=1S/C15H18N2O4/c1-4-21-14(18)13-9(2)12(16-15(19)17-13)10-7-5-6-8-11(10)20-3/h5-8,12H,4H2,1-3H3,(H2,16,17,19). The lowest BCUT2D eigenvalue weighted by Gasteiger charge is -2.28. The number of hydrogen-bond acceptors (Lipinski definition) is 4. The second kappa shape index (κ2) is 6.30. The molecule has 0 fully saturated rings. The summed E-state index contributed by atoms with van der Waals surface area (Å²) in [6.07, 6.45) is 0. The molecule has 1 atom stereocenters. The van der Waals surface area contributed by atoms with E-state index in [0.29, 0.717) is 11.3 Å². The molecular formula is C15H18N2O4. The average Bonchev–Trinajstić information content (AvgIpc) is 2.49. The molecule has 0 aliphatic carbocycles. The Bertz CT molecular complexity index is 595. The monoisotopic (exact) mass is 290 g/mol. The molecule has 2 amide bonds. The van der Waals surface area contributed by atoms with Gasteiger partial charge in [0.1, 0.15) is 11.4 Å². The molecule has 1 aliphatic rings. The van der Waals surface area contributed by atoms with Gasteiger partial charge in [0.05, 0.1) is 19.8 Å². The Hall–Kier alpha value is -2.50. The molecular weight excluding hydrogens is 272 g/mol. The molecule has 2 N–H and O–H groups in total. The van der Waals surface area contributed by atoms with Crippen molar-refractivity contribution < 1.29 is 19.1 Å². The Morgan fingerprint density at radius 2 is 2.05 bits per heavy atom. The summed E-state index contributed by atoms with van der Waals surface area (Å²) in [4.78, 5) is 23.7. The lowest BCUT2D eigenvalue weighted by Crippen LogP contribution is -2.45. The summed E-state index contributed by atoms with van der Waals surface area (Å²) in [6.45, 7) is 3.74. The molecule has 0 spiro atoms. The molecule has 6 heteroatoms. The Balaban J connectivity index is 2.45. The van der Waals surface area contributed by atoms with Gasteiger partial charge in [-0.1, -0.05) is 18.2 Å². The lowest BCUT2D eigenvalue weighted by atomic mass is 9.96. The molecule has 1 aromatic rings. The summed E-state index contributed by atoms with van der Waals surface area (Å²) < 4.78 is 10.3. The number of benzene rings is 1. The topological polar surface area (TPSA) is 76.7 Å². The zero-order valence-corrected chi connectivity index (χ0v) is 12.2. The minimum Gasteiger partial charge on any atom is -0.496 e. The molecule has 6 nitrogen and oxygen atoms in total. The fourth-order valence-corrected chi connectivity index (χ4v) is 2.26. The van der Waals surface area contributed by atoms with Crippen LogP contribution in [0.5, 0.6) is 5.75 Å². The largest absolute Gasteiger partial charge is 0.496 e. The first-order valence-electron chi connectivity index (χ1n) is 6.66. The first kappa shape index (κ1) is 14.9. The van der Waals surface area contributed by atoms with Gasteiger partial charge in [0, 0.05) is 5.56 Å². The molecule has 1 unspecified atom stereocenters.